The summed E-state index contributed by atoms with van der Waals surface area (Å²) < 4.78 is 5.51. The molecule has 81 heavy (non-hydrogen) atoms. The molecule has 2 atom stereocenters. The van der Waals surface area contributed by atoms with Crippen LogP contribution in [-0.2, 0) is 14.3 Å². The molecular formula is C75H147NO5. The Balaban J connectivity index is 3.36. The van der Waals surface area contributed by atoms with E-state index >= 15 is 0 Å². The van der Waals surface area contributed by atoms with Crippen LogP contribution in [0.2, 0.25) is 0 Å². The third-order valence-corrected chi connectivity index (χ3v) is 17.8. The predicted molar refractivity (Wildman–Crippen MR) is 357 cm³/mol. The highest BCUT2D eigenvalue weighted by molar-refractivity contribution is 5.76. The normalized spacial score (nSPS) is 12.5. The van der Waals surface area contributed by atoms with E-state index in [0.29, 0.717) is 25.9 Å². The van der Waals surface area contributed by atoms with E-state index < -0.39 is 12.1 Å². The number of aliphatic hydroxyl groups is 2. The molecule has 0 spiro atoms. The van der Waals surface area contributed by atoms with Crippen molar-refractivity contribution in [2.45, 2.75) is 443 Å². The summed E-state index contributed by atoms with van der Waals surface area (Å²) in [6.45, 7) is 5.01. The van der Waals surface area contributed by atoms with Gasteiger partial charge in [0.2, 0.25) is 5.91 Å². The zero-order valence-corrected chi connectivity index (χ0v) is 55.3. The molecule has 0 aliphatic carbocycles. The number of carbonyl (C=O) groups is 2. The van der Waals surface area contributed by atoms with Crippen molar-refractivity contribution in [3.05, 3.63) is 12.2 Å². The van der Waals surface area contributed by atoms with Gasteiger partial charge in [0.25, 0.3) is 0 Å². The molecule has 0 fully saturated rings. The number of nitrogens with one attached hydrogen (secondary N) is 1. The number of esters is 1. The van der Waals surface area contributed by atoms with Gasteiger partial charge in [-0.1, -0.05) is 379 Å². The summed E-state index contributed by atoms with van der Waals surface area (Å²) in [5.41, 5.74) is 0. The Morgan fingerprint density at radius 1 is 0.333 bits per heavy atom. The van der Waals surface area contributed by atoms with Crippen LogP contribution < -0.4 is 5.32 Å². The smallest absolute Gasteiger partial charge is 0.305 e. The van der Waals surface area contributed by atoms with Crippen LogP contribution in [0.1, 0.15) is 431 Å². The molecule has 6 nitrogen and oxygen atoms in total. The molecule has 0 rings (SSSR count). The first-order chi connectivity index (χ1) is 40.0. The average Bonchev–Trinajstić information content (AvgIpc) is 3.47. The van der Waals surface area contributed by atoms with Gasteiger partial charge in [-0.05, 0) is 51.4 Å². The first kappa shape index (κ1) is 79.6. The van der Waals surface area contributed by atoms with E-state index in [1.54, 1.807) is 0 Å². The monoisotopic (exact) mass is 1140 g/mol. The number of allylic oxidation sites excluding steroid dienone is 2. The Labute approximate surface area is 508 Å². The van der Waals surface area contributed by atoms with Crippen LogP contribution in [0.3, 0.4) is 0 Å². The molecule has 1 amide bonds. The molecule has 6 heteroatoms. The number of hydrogen-bond donors (Lipinski definition) is 3. The van der Waals surface area contributed by atoms with E-state index in [1.807, 2.05) is 0 Å². The first-order valence-electron chi connectivity index (χ1n) is 37.4. The minimum absolute atomic E-state index is 0.0205. The highest BCUT2D eigenvalue weighted by Crippen LogP contribution is 2.20. The molecule has 0 aliphatic rings. The molecule has 0 radical (unpaired) electrons. The minimum atomic E-state index is -0.665. The highest BCUT2D eigenvalue weighted by Gasteiger charge is 2.20. The van der Waals surface area contributed by atoms with Crippen LogP contribution in [0.25, 0.3) is 0 Å². The Morgan fingerprint density at radius 2 is 0.580 bits per heavy atom. The van der Waals surface area contributed by atoms with Crippen LogP contribution >= 0.6 is 0 Å². The number of rotatable bonds is 71. The molecule has 0 aromatic carbocycles. The van der Waals surface area contributed by atoms with Crippen molar-refractivity contribution in [3.8, 4) is 0 Å². The summed E-state index contributed by atoms with van der Waals surface area (Å²) in [7, 11) is 0. The maximum Gasteiger partial charge on any atom is 0.305 e. The largest absolute Gasteiger partial charge is 0.466 e. The van der Waals surface area contributed by atoms with Crippen LogP contribution in [0.4, 0.5) is 0 Å². The Hall–Kier alpha value is -1.40. The fraction of sp³-hybridized carbons (Fsp3) is 0.947. The molecule has 0 saturated carbocycles. The molecule has 0 aliphatic heterocycles. The second-order valence-corrected chi connectivity index (χ2v) is 26.0. The summed E-state index contributed by atoms with van der Waals surface area (Å²) in [5, 5.41) is 23.4. The fourth-order valence-electron chi connectivity index (χ4n) is 12.1. The lowest BCUT2D eigenvalue weighted by Crippen LogP contribution is -2.45. The lowest BCUT2D eigenvalue weighted by molar-refractivity contribution is -0.143. The summed E-state index contributed by atoms with van der Waals surface area (Å²) in [4.78, 5) is 24.6. The van der Waals surface area contributed by atoms with Gasteiger partial charge in [-0.15, -0.1) is 0 Å². The zero-order valence-electron chi connectivity index (χ0n) is 55.3. The van der Waals surface area contributed by atoms with E-state index in [2.05, 4.69) is 31.3 Å². The van der Waals surface area contributed by atoms with Crippen LogP contribution in [0.15, 0.2) is 12.2 Å². The molecule has 0 bridgehead atoms. The Morgan fingerprint density at radius 3 is 0.877 bits per heavy atom. The van der Waals surface area contributed by atoms with Crippen LogP contribution in [0.5, 0.6) is 0 Å². The first-order valence-corrected chi connectivity index (χ1v) is 37.4. The SMILES string of the molecule is CCCCCCCCCCCCCCCCCCCCCCC(O)C(CO)NC(=O)CCCCCCCCCCCCCC/C=C\CCCCCCCCCCCCCCOC(=O)CCCCCCCCCCCCCCCCCC. The molecule has 2 unspecified atom stereocenters. The van der Waals surface area contributed by atoms with Gasteiger partial charge in [-0.25, -0.2) is 0 Å². The van der Waals surface area contributed by atoms with Crippen molar-refractivity contribution in [1.29, 1.82) is 0 Å². The lowest BCUT2D eigenvalue weighted by Gasteiger charge is -2.22. The average molecular weight is 1140 g/mol. The van der Waals surface area contributed by atoms with Gasteiger partial charge in [0.1, 0.15) is 0 Å². The fourth-order valence-corrected chi connectivity index (χ4v) is 12.1. The molecule has 0 heterocycles. The third kappa shape index (κ3) is 67.6. The molecule has 3 N–H and O–H groups in total. The number of aliphatic hydroxyl groups excluding tert-OH is 2. The van der Waals surface area contributed by atoms with E-state index in [4.69, 9.17) is 4.74 Å². The molecule has 482 valence electrons. The van der Waals surface area contributed by atoms with E-state index in [9.17, 15) is 19.8 Å². The molecular weight excluding hydrogens is 995 g/mol. The van der Waals surface area contributed by atoms with Crippen molar-refractivity contribution < 1.29 is 24.5 Å². The third-order valence-electron chi connectivity index (χ3n) is 17.8. The summed E-state index contributed by atoms with van der Waals surface area (Å²) >= 11 is 0. The number of amides is 1. The van der Waals surface area contributed by atoms with E-state index in [0.717, 1.165) is 38.5 Å². The van der Waals surface area contributed by atoms with Crippen molar-refractivity contribution in [2.24, 2.45) is 0 Å². The number of carbonyl (C=O) groups excluding carboxylic acids is 2. The summed E-state index contributed by atoms with van der Waals surface area (Å²) in [6.07, 6.45) is 88.5. The summed E-state index contributed by atoms with van der Waals surface area (Å²) in [6, 6.07) is -0.542. The second kappa shape index (κ2) is 71.1. The van der Waals surface area contributed by atoms with Gasteiger partial charge in [0.15, 0.2) is 0 Å². The number of unbranched alkanes of at least 4 members (excludes halogenated alkanes) is 58. The van der Waals surface area contributed by atoms with Crippen molar-refractivity contribution >= 4 is 11.9 Å². The lowest BCUT2D eigenvalue weighted by atomic mass is 10.0. The van der Waals surface area contributed by atoms with Gasteiger partial charge in [0, 0.05) is 12.8 Å². The standard InChI is InChI=1S/C75H147NO5/c1-3-5-7-9-11-13-15-17-19-21-22-33-36-39-43-47-51-55-59-63-67-73(78)72(71-77)76-74(79)68-64-60-56-52-48-44-40-37-34-31-29-27-25-23-24-26-28-30-32-35-38-42-46-50-54-58-62-66-70-81-75(80)69-65-61-57-53-49-45-41-20-18-16-14-12-10-8-6-4-2/h23-24,72-73,77-78H,3-22,25-71H2,1-2H3,(H,76,79)/b24-23-. The Kier molecular flexibility index (Phi) is 69.9. The molecule has 0 aromatic rings. The number of hydrogen-bond acceptors (Lipinski definition) is 5. The van der Waals surface area contributed by atoms with Crippen molar-refractivity contribution in [3.63, 3.8) is 0 Å². The van der Waals surface area contributed by atoms with Gasteiger partial charge in [-0.2, -0.15) is 0 Å². The quantitative estimate of drug-likeness (QED) is 0.0320. The van der Waals surface area contributed by atoms with Crippen molar-refractivity contribution in [2.75, 3.05) is 13.2 Å². The minimum Gasteiger partial charge on any atom is -0.466 e. The second-order valence-electron chi connectivity index (χ2n) is 26.0. The molecule has 0 saturated heterocycles. The Bertz CT molecular complexity index is 1220. The topological polar surface area (TPSA) is 95.9 Å². The van der Waals surface area contributed by atoms with E-state index in [-0.39, 0.29) is 18.5 Å². The predicted octanol–water partition coefficient (Wildman–Crippen LogP) is 24.3. The number of ether oxygens (including phenoxy) is 1. The zero-order chi connectivity index (χ0) is 58.5. The van der Waals surface area contributed by atoms with Crippen LogP contribution in [-0.4, -0.2) is 47.4 Å². The van der Waals surface area contributed by atoms with Gasteiger partial charge in [0.05, 0.1) is 25.4 Å². The van der Waals surface area contributed by atoms with Gasteiger partial charge in [-0.3, -0.25) is 9.59 Å². The highest BCUT2D eigenvalue weighted by atomic mass is 16.5. The van der Waals surface area contributed by atoms with Crippen LogP contribution in [0, 0.1) is 0 Å². The summed E-state index contributed by atoms with van der Waals surface area (Å²) in [5.74, 6) is -0.00932. The van der Waals surface area contributed by atoms with Gasteiger partial charge >= 0.3 is 5.97 Å². The van der Waals surface area contributed by atoms with Crippen molar-refractivity contribution in [1.82, 2.24) is 5.32 Å². The molecule has 0 aromatic heterocycles. The van der Waals surface area contributed by atoms with Gasteiger partial charge < -0.3 is 20.3 Å². The van der Waals surface area contributed by atoms with E-state index in [1.165, 1.54) is 360 Å². The maximum absolute atomic E-state index is 12.5. The maximum atomic E-state index is 12.5.